The molecule has 0 atom stereocenters. The monoisotopic (exact) mass is 629 g/mol. The number of aryl methyl sites for hydroxylation is 1. The zero-order valence-corrected chi connectivity index (χ0v) is 25.3. The third kappa shape index (κ3) is 8.43. The quantitative estimate of drug-likeness (QED) is 0.214. The third-order valence-corrected chi connectivity index (χ3v) is 6.21. The fraction of sp³-hybridized carbons (Fsp3) is 0.345. The van der Waals surface area contributed by atoms with Crippen molar-refractivity contribution >= 4 is 44.3 Å². The van der Waals surface area contributed by atoms with Crippen LogP contribution in [0.4, 0.5) is 14.7 Å². The van der Waals surface area contributed by atoms with Crippen LogP contribution in [0.15, 0.2) is 28.9 Å². The molecule has 4 rings (SSSR count). The Bertz CT molecular complexity index is 1520. The van der Waals surface area contributed by atoms with Gasteiger partial charge in [0.15, 0.2) is 17.3 Å². The summed E-state index contributed by atoms with van der Waals surface area (Å²) < 4.78 is 29.6. The fourth-order valence-electron chi connectivity index (χ4n) is 3.65. The SMILES string of the molecule is C#C.C#C.CC.CN(CCCCc1nc2c3cc(F)cc(F)c3nc(N)n2n1)C(=O)c1ncc(C(C)(C)O)cc1Br. The third-order valence-electron chi connectivity index (χ3n) is 5.60. The van der Waals surface area contributed by atoms with Crippen LogP contribution in [-0.4, -0.2) is 54.1 Å². The Morgan fingerprint density at radius 2 is 1.76 bits per heavy atom. The number of nitrogens with two attached hydrogens (primary N) is 1. The molecule has 3 heterocycles. The standard InChI is InChI=1S/C23H24BrF2N7O2.C2H6.2C2H2/c1-23(2,35)12-8-15(24)19(28-11-12)21(34)32(3)7-5-4-6-17-29-20-14-9-13(25)10-16(26)18(14)30-22(27)33(20)31-17;3*1-2/h8-11,35H,4-7H2,1-3H3,(H2,27,30);1-2H3;2*1-2H. The minimum Gasteiger partial charge on any atom is -0.386 e. The number of nitrogens with zero attached hydrogens (tertiary/aromatic N) is 6. The van der Waals surface area contributed by atoms with Crippen LogP contribution in [0, 0.1) is 37.3 Å². The molecule has 9 nitrogen and oxygen atoms in total. The van der Waals surface area contributed by atoms with Crippen molar-refractivity contribution in [1.82, 2.24) is 29.5 Å². The van der Waals surface area contributed by atoms with Gasteiger partial charge in [0.05, 0.1) is 11.0 Å². The van der Waals surface area contributed by atoms with Crippen LogP contribution in [0.3, 0.4) is 0 Å². The van der Waals surface area contributed by atoms with Crippen molar-refractivity contribution in [2.45, 2.75) is 52.6 Å². The highest BCUT2D eigenvalue weighted by Crippen LogP contribution is 2.25. The van der Waals surface area contributed by atoms with E-state index in [1.807, 2.05) is 13.8 Å². The Labute approximate surface area is 247 Å². The van der Waals surface area contributed by atoms with Gasteiger partial charge in [0.1, 0.15) is 17.0 Å². The summed E-state index contributed by atoms with van der Waals surface area (Å²) >= 11 is 3.37. The molecule has 0 fully saturated rings. The number of terminal acetylenes is 2. The number of pyridine rings is 1. The Balaban J connectivity index is 0.00000131. The highest BCUT2D eigenvalue weighted by atomic mass is 79.9. The van der Waals surface area contributed by atoms with Crippen molar-refractivity contribution in [3.05, 3.63) is 57.6 Å². The van der Waals surface area contributed by atoms with Crippen LogP contribution in [0.25, 0.3) is 16.6 Å². The van der Waals surface area contributed by atoms with Gasteiger partial charge >= 0.3 is 0 Å². The second-order valence-electron chi connectivity index (χ2n) is 8.81. The molecule has 218 valence electrons. The largest absolute Gasteiger partial charge is 0.386 e. The summed E-state index contributed by atoms with van der Waals surface area (Å²) in [5.41, 5.74) is 5.85. The van der Waals surface area contributed by atoms with E-state index in [-0.39, 0.29) is 34.1 Å². The van der Waals surface area contributed by atoms with Gasteiger partial charge in [-0.1, -0.05) is 13.8 Å². The maximum atomic E-state index is 14.1. The van der Waals surface area contributed by atoms with Gasteiger partial charge in [0.25, 0.3) is 5.91 Å². The van der Waals surface area contributed by atoms with Gasteiger partial charge in [-0.05, 0) is 54.8 Å². The van der Waals surface area contributed by atoms with Crippen LogP contribution >= 0.6 is 15.9 Å². The summed E-state index contributed by atoms with van der Waals surface area (Å²) in [4.78, 5) is 27.0. The van der Waals surface area contributed by atoms with Gasteiger partial charge in [0.2, 0.25) is 5.95 Å². The minimum absolute atomic E-state index is 0.0456. The molecule has 0 saturated carbocycles. The number of rotatable bonds is 7. The molecule has 0 bridgehead atoms. The molecule has 0 spiro atoms. The fourth-order valence-corrected chi connectivity index (χ4v) is 4.17. The number of benzene rings is 1. The summed E-state index contributed by atoms with van der Waals surface area (Å²) in [5, 5.41) is 14.6. The summed E-state index contributed by atoms with van der Waals surface area (Å²) in [7, 11) is 1.69. The molecule has 4 aromatic rings. The molecular formula is C29H34BrF2N7O2. The lowest BCUT2D eigenvalue weighted by atomic mass is 10.0. The number of halogens is 3. The van der Waals surface area contributed by atoms with E-state index in [9.17, 15) is 18.7 Å². The number of aromatic nitrogens is 5. The Morgan fingerprint density at radius 3 is 2.34 bits per heavy atom. The van der Waals surface area contributed by atoms with Crippen LogP contribution in [0.2, 0.25) is 0 Å². The molecule has 0 aliphatic carbocycles. The van der Waals surface area contributed by atoms with Crippen LogP contribution in [0.1, 0.15) is 62.4 Å². The maximum absolute atomic E-state index is 14.1. The van der Waals surface area contributed by atoms with E-state index in [4.69, 9.17) is 5.73 Å². The average Bonchev–Trinajstić information content (AvgIpc) is 3.39. The number of unbranched alkanes of at least 4 members (excludes halogenated alkanes) is 1. The molecule has 3 N–H and O–H groups in total. The van der Waals surface area contributed by atoms with Crippen LogP contribution < -0.4 is 5.73 Å². The van der Waals surface area contributed by atoms with E-state index in [1.165, 1.54) is 10.7 Å². The van der Waals surface area contributed by atoms with E-state index in [0.717, 1.165) is 12.1 Å². The van der Waals surface area contributed by atoms with Crippen LogP contribution in [0.5, 0.6) is 0 Å². The smallest absolute Gasteiger partial charge is 0.273 e. The Morgan fingerprint density at radius 1 is 1.12 bits per heavy atom. The first-order chi connectivity index (χ1) is 19.5. The number of hydrogen-bond acceptors (Lipinski definition) is 7. The Hall–Kier alpha value is -4.13. The predicted octanol–water partition coefficient (Wildman–Crippen LogP) is 5.14. The summed E-state index contributed by atoms with van der Waals surface area (Å²) in [6.45, 7) is 7.76. The second kappa shape index (κ2) is 15.6. The van der Waals surface area contributed by atoms with Crippen molar-refractivity contribution in [3.8, 4) is 25.7 Å². The number of carbonyl (C=O) groups is 1. The lowest BCUT2D eigenvalue weighted by molar-refractivity contribution is 0.0759. The molecular weight excluding hydrogens is 596 g/mol. The molecule has 12 heteroatoms. The predicted molar refractivity (Wildman–Crippen MR) is 161 cm³/mol. The minimum atomic E-state index is -1.07. The molecule has 0 radical (unpaired) electrons. The van der Waals surface area contributed by atoms with Crippen molar-refractivity contribution in [2.75, 3.05) is 19.3 Å². The molecule has 0 unspecified atom stereocenters. The highest BCUT2D eigenvalue weighted by Gasteiger charge is 2.22. The van der Waals surface area contributed by atoms with Crippen molar-refractivity contribution in [2.24, 2.45) is 0 Å². The Kier molecular flexibility index (Phi) is 13.3. The van der Waals surface area contributed by atoms with E-state index in [0.29, 0.717) is 41.7 Å². The number of carbonyl (C=O) groups excluding carboxylic acids is 1. The van der Waals surface area contributed by atoms with Gasteiger partial charge < -0.3 is 15.7 Å². The van der Waals surface area contributed by atoms with Gasteiger partial charge in [-0.25, -0.2) is 23.7 Å². The molecule has 1 amide bonds. The van der Waals surface area contributed by atoms with Crippen molar-refractivity contribution in [3.63, 3.8) is 0 Å². The zero-order valence-electron chi connectivity index (χ0n) is 23.7. The molecule has 0 aliphatic heterocycles. The topological polar surface area (TPSA) is 123 Å². The lowest BCUT2D eigenvalue weighted by Crippen LogP contribution is -2.29. The first-order valence-electron chi connectivity index (χ1n) is 12.6. The van der Waals surface area contributed by atoms with Gasteiger partial charge in [-0.15, -0.1) is 30.8 Å². The summed E-state index contributed by atoms with van der Waals surface area (Å²) in [6, 6.07) is 3.58. The van der Waals surface area contributed by atoms with Crippen molar-refractivity contribution < 1.29 is 18.7 Å². The number of fused-ring (bicyclic) bond motifs is 3. The number of nitrogen functional groups attached to an aromatic ring is 1. The number of hydrogen-bond donors (Lipinski definition) is 2. The van der Waals surface area contributed by atoms with Gasteiger partial charge in [-0.3, -0.25) is 4.79 Å². The maximum Gasteiger partial charge on any atom is 0.273 e. The normalized spacial score (nSPS) is 10.5. The van der Waals surface area contributed by atoms with E-state index in [2.05, 4.69) is 61.7 Å². The molecule has 0 saturated heterocycles. The zero-order chi connectivity index (χ0) is 31.5. The average molecular weight is 631 g/mol. The first-order valence-corrected chi connectivity index (χ1v) is 13.4. The highest BCUT2D eigenvalue weighted by molar-refractivity contribution is 9.10. The lowest BCUT2D eigenvalue weighted by Gasteiger charge is -2.20. The van der Waals surface area contributed by atoms with Gasteiger partial charge in [0, 0.05) is 42.3 Å². The number of amides is 1. The molecule has 41 heavy (non-hydrogen) atoms. The molecule has 3 aromatic heterocycles. The molecule has 0 aliphatic rings. The van der Waals surface area contributed by atoms with Crippen molar-refractivity contribution in [1.29, 1.82) is 0 Å². The number of anilines is 1. The molecule has 1 aromatic carbocycles. The second-order valence-corrected chi connectivity index (χ2v) is 9.67. The summed E-state index contributed by atoms with van der Waals surface area (Å²) in [5.74, 6) is -1.40. The first kappa shape index (κ1) is 34.9. The van der Waals surface area contributed by atoms with E-state index >= 15 is 0 Å². The van der Waals surface area contributed by atoms with E-state index < -0.39 is 17.2 Å². The van der Waals surface area contributed by atoms with Gasteiger partial charge in [-0.2, -0.15) is 4.52 Å². The van der Waals surface area contributed by atoms with Crippen LogP contribution in [-0.2, 0) is 12.0 Å². The van der Waals surface area contributed by atoms with E-state index in [1.54, 1.807) is 31.9 Å². The summed E-state index contributed by atoms with van der Waals surface area (Å²) in [6.07, 6.45) is 19.3. The number of aliphatic hydroxyl groups is 1.